The molecule has 160 valence electrons. The molecule has 1 aliphatic rings. The number of nitrogens with one attached hydrogen (secondary N) is 2. The number of rotatable bonds is 9. The van der Waals surface area contributed by atoms with Gasteiger partial charge in [0.25, 0.3) is 0 Å². The summed E-state index contributed by atoms with van der Waals surface area (Å²) in [6.07, 6.45) is 9.26. The minimum Gasteiger partial charge on any atom is -0.487 e. The molecule has 1 heterocycles. The standard InChI is InChI=1S/C23H29N3O3S/c1-17-25-20(16-30-17)15-29-21-9-5-6-18(14-21)10-11-22(27)24-13-12-23(28)26-19-7-3-2-4-8-19/h5-6,9-11,14,16,19H,2-4,7-8,12-13,15H2,1H3,(H,24,27)(H,26,28)/b11-10+. The van der Waals surface area contributed by atoms with Crippen LogP contribution < -0.4 is 15.4 Å². The van der Waals surface area contributed by atoms with Gasteiger partial charge in [0.05, 0.1) is 10.7 Å². The largest absolute Gasteiger partial charge is 0.487 e. The predicted molar refractivity (Wildman–Crippen MR) is 119 cm³/mol. The van der Waals surface area contributed by atoms with Gasteiger partial charge in [-0.05, 0) is 43.5 Å². The second-order valence-corrected chi connectivity index (χ2v) is 8.56. The van der Waals surface area contributed by atoms with Crippen molar-refractivity contribution in [2.24, 2.45) is 0 Å². The molecule has 1 aromatic carbocycles. The molecule has 3 rings (SSSR count). The summed E-state index contributed by atoms with van der Waals surface area (Å²) in [7, 11) is 0. The van der Waals surface area contributed by atoms with E-state index in [1.165, 1.54) is 25.3 Å². The first-order chi connectivity index (χ1) is 14.6. The summed E-state index contributed by atoms with van der Waals surface area (Å²) < 4.78 is 5.77. The van der Waals surface area contributed by atoms with Crippen LogP contribution >= 0.6 is 11.3 Å². The lowest BCUT2D eigenvalue weighted by atomic mass is 9.95. The summed E-state index contributed by atoms with van der Waals surface area (Å²) in [5.74, 6) is 0.513. The number of hydrogen-bond acceptors (Lipinski definition) is 5. The van der Waals surface area contributed by atoms with E-state index in [2.05, 4.69) is 15.6 Å². The Bertz CT molecular complexity index is 872. The number of amides is 2. The van der Waals surface area contributed by atoms with Crippen molar-refractivity contribution in [2.75, 3.05) is 6.54 Å². The molecule has 1 aliphatic carbocycles. The van der Waals surface area contributed by atoms with Crippen LogP contribution in [0, 0.1) is 6.92 Å². The molecule has 0 saturated heterocycles. The molecule has 0 atom stereocenters. The summed E-state index contributed by atoms with van der Waals surface area (Å²) in [6, 6.07) is 7.84. The van der Waals surface area contributed by atoms with E-state index in [4.69, 9.17) is 4.74 Å². The van der Waals surface area contributed by atoms with Crippen LogP contribution in [-0.2, 0) is 16.2 Å². The molecule has 2 amide bonds. The second kappa shape index (κ2) is 11.5. The number of aromatic nitrogens is 1. The molecule has 1 fully saturated rings. The van der Waals surface area contributed by atoms with Crippen LogP contribution in [0.4, 0.5) is 0 Å². The Balaban J connectivity index is 1.38. The normalized spacial score (nSPS) is 14.6. The Hall–Kier alpha value is -2.67. The van der Waals surface area contributed by atoms with Crippen molar-refractivity contribution in [1.29, 1.82) is 0 Å². The van der Waals surface area contributed by atoms with Crippen molar-refractivity contribution in [1.82, 2.24) is 15.6 Å². The third-order valence-electron chi connectivity index (χ3n) is 4.96. The maximum Gasteiger partial charge on any atom is 0.244 e. The summed E-state index contributed by atoms with van der Waals surface area (Å²) in [4.78, 5) is 28.4. The number of aryl methyl sites for hydroxylation is 1. The maximum absolute atomic E-state index is 12.0. The molecule has 2 aromatic rings. The molecule has 0 spiro atoms. The lowest BCUT2D eigenvalue weighted by Crippen LogP contribution is -2.38. The molecular formula is C23H29N3O3S. The third-order valence-corrected chi connectivity index (χ3v) is 5.78. The zero-order valence-electron chi connectivity index (χ0n) is 17.4. The molecule has 0 radical (unpaired) electrons. The third kappa shape index (κ3) is 7.63. The Morgan fingerprint density at radius 3 is 2.87 bits per heavy atom. The first kappa shape index (κ1) is 22.0. The van der Waals surface area contributed by atoms with E-state index < -0.39 is 0 Å². The van der Waals surface area contributed by atoms with E-state index in [-0.39, 0.29) is 11.8 Å². The fraction of sp³-hybridized carbons (Fsp3) is 0.435. The summed E-state index contributed by atoms with van der Waals surface area (Å²) in [5, 5.41) is 8.82. The minimum absolute atomic E-state index is 0.00587. The number of carbonyl (C=O) groups is 2. The van der Waals surface area contributed by atoms with E-state index in [9.17, 15) is 9.59 Å². The van der Waals surface area contributed by atoms with E-state index in [0.717, 1.165) is 34.9 Å². The van der Waals surface area contributed by atoms with Gasteiger partial charge in [0, 0.05) is 30.5 Å². The fourth-order valence-electron chi connectivity index (χ4n) is 3.42. The van der Waals surface area contributed by atoms with Gasteiger partial charge in [0.2, 0.25) is 11.8 Å². The van der Waals surface area contributed by atoms with Gasteiger partial charge in [0.15, 0.2) is 0 Å². The van der Waals surface area contributed by atoms with E-state index >= 15 is 0 Å². The van der Waals surface area contributed by atoms with Gasteiger partial charge in [0.1, 0.15) is 12.4 Å². The fourth-order valence-corrected chi connectivity index (χ4v) is 4.01. The predicted octanol–water partition coefficient (Wildman–Crippen LogP) is 4.00. The quantitative estimate of drug-likeness (QED) is 0.593. The van der Waals surface area contributed by atoms with Gasteiger partial charge < -0.3 is 15.4 Å². The van der Waals surface area contributed by atoms with Crippen molar-refractivity contribution in [3.05, 3.63) is 52.0 Å². The Labute approximate surface area is 181 Å². The zero-order valence-corrected chi connectivity index (χ0v) is 18.2. The molecular weight excluding hydrogens is 398 g/mol. The average Bonchev–Trinajstić information content (AvgIpc) is 3.17. The highest BCUT2D eigenvalue weighted by Crippen LogP contribution is 2.18. The van der Waals surface area contributed by atoms with Crippen LogP contribution in [0.2, 0.25) is 0 Å². The van der Waals surface area contributed by atoms with Gasteiger partial charge in [-0.3, -0.25) is 9.59 Å². The number of ether oxygens (including phenoxy) is 1. The van der Waals surface area contributed by atoms with Gasteiger partial charge in [-0.25, -0.2) is 4.98 Å². The lowest BCUT2D eigenvalue weighted by Gasteiger charge is -2.22. The minimum atomic E-state index is -0.218. The van der Waals surface area contributed by atoms with Crippen molar-refractivity contribution in [3.63, 3.8) is 0 Å². The Morgan fingerprint density at radius 1 is 1.27 bits per heavy atom. The Morgan fingerprint density at radius 2 is 2.10 bits per heavy atom. The van der Waals surface area contributed by atoms with Gasteiger partial charge in [-0.2, -0.15) is 0 Å². The highest BCUT2D eigenvalue weighted by Gasteiger charge is 2.15. The molecule has 1 aromatic heterocycles. The zero-order chi connectivity index (χ0) is 21.2. The van der Waals surface area contributed by atoms with E-state index in [1.54, 1.807) is 17.4 Å². The number of thiazole rings is 1. The van der Waals surface area contributed by atoms with Crippen LogP contribution in [-0.4, -0.2) is 29.4 Å². The highest BCUT2D eigenvalue weighted by atomic mass is 32.1. The van der Waals surface area contributed by atoms with Crippen LogP contribution in [0.25, 0.3) is 6.08 Å². The Kier molecular flexibility index (Phi) is 8.44. The number of nitrogens with zero attached hydrogens (tertiary/aromatic N) is 1. The number of benzene rings is 1. The van der Waals surface area contributed by atoms with Gasteiger partial charge in [-0.15, -0.1) is 11.3 Å². The highest BCUT2D eigenvalue weighted by molar-refractivity contribution is 7.09. The van der Waals surface area contributed by atoms with Crippen molar-refractivity contribution in [2.45, 2.75) is 58.1 Å². The number of carbonyl (C=O) groups excluding carboxylic acids is 2. The summed E-state index contributed by atoms with van der Waals surface area (Å²) in [6.45, 7) is 2.71. The van der Waals surface area contributed by atoms with Crippen LogP contribution in [0.3, 0.4) is 0 Å². The second-order valence-electron chi connectivity index (χ2n) is 7.50. The molecule has 0 aliphatic heterocycles. The van der Waals surface area contributed by atoms with Gasteiger partial charge in [-0.1, -0.05) is 31.4 Å². The molecule has 6 nitrogen and oxygen atoms in total. The molecule has 30 heavy (non-hydrogen) atoms. The van der Waals surface area contributed by atoms with E-state index in [1.807, 2.05) is 36.6 Å². The number of hydrogen-bond donors (Lipinski definition) is 2. The first-order valence-corrected chi connectivity index (χ1v) is 11.4. The van der Waals surface area contributed by atoms with Crippen molar-refractivity contribution in [3.8, 4) is 5.75 Å². The molecule has 7 heteroatoms. The maximum atomic E-state index is 12.0. The lowest BCUT2D eigenvalue weighted by molar-refractivity contribution is -0.122. The average molecular weight is 428 g/mol. The topological polar surface area (TPSA) is 80.3 Å². The SMILES string of the molecule is Cc1nc(COc2cccc(/C=C/C(=O)NCCC(=O)NC3CCCCC3)c2)cs1. The van der Waals surface area contributed by atoms with E-state index in [0.29, 0.717) is 25.6 Å². The smallest absolute Gasteiger partial charge is 0.244 e. The summed E-state index contributed by atoms with van der Waals surface area (Å²) >= 11 is 1.60. The monoisotopic (exact) mass is 427 g/mol. The molecule has 0 bridgehead atoms. The molecule has 0 unspecified atom stereocenters. The first-order valence-electron chi connectivity index (χ1n) is 10.5. The van der Waals surface area contributed by atoms with Crippen LogP contribution in [0.1, 0.15) is 54.8 Å². The summed E-state index contributed by atoms with van der Waals surface area (Å²) in [5.41, 5.74) is 1.78. The van der Waals surface area contributed by atoms with Crippen molar-refractivity contribution < 1.29 is 14.3 Å². The van der Waals surface area contributed by atoms with Crippen molar-refractivity contribution >= 4 is 29.2 Å². The molecule has 1 saturated carbocycles. The van der Waals surface area contributed by atoms with Crippen LogP contribution in [0.5, 0.6) is 5.75 Å². The van der Waals surface area contributed by atoms with Crippen LogP contribution in [0.15, 0.2) is 35.7 Å². The van der Waals surface area contributed by atoms with Gasteiger partial charge >= 0.3 is 0 Å². The molecule has 2 N–H and O–H groups in total.